The molecular weight excluding hydrogens is 291 g/mol. The molecule has 0 N–H and O–H groups in total. The first-order valence-electron chi connectivity index (χ1n) is 4.77. The van der Waals surface area contributed by atoms with Gasteiger partial charge in [-0.2, -0.15) is 4.80 Å². The molecule has 0 unspecified atom stereocenters. The van der Waals surface area contributed by atoms with Gasteiger partial charge in [0.25, 0.3) is 0 Å². The second-order valence-electron chi connectivity index (χ2n) is 3.42. The predicted octanol–water partition coefficient (Wildman–Crippen LogP) is 1.54. The number of hydrogen-bond donors (Lipinski definition) is 0. The van der Waals surface area contributed by atoms with Gasteiger partial charge in [0, 0.05) is 5.56 Å². The zero-order chi connectivity index (χ0) is 12.4. The monoisotopic (exact) mass is 298 g/mol. The Balaban J connectivity index is 2.17. The van der Waals surface area contributed by atoms with Crippen molar-refractivity contribution in [1.29, 1.82) is 0 Å². The normalized spacial score (nSPS) is 10.5. The van der Waals surface area contributed by atoms with Gasteiger partial charge in [-0.05, 0) is 39.3 Å². The number of rotatable bonds is 3. The molecule has 0 fully saturated rings. The van der Waals surface area contributed by atoms with Gasteiger partial charge in [0.1, 0.15) is 5.82 Å². The number of tetrazole rings is 1. The number of Topliss-reactive ketones (excluding diaryl/α,β-unsaturated/α-hetero) is 1. The fraction of sp³-hybridized carbons (Fsp3) is 0.200. The van der Waals surface area contributed by atoms with Crippen LogP contribution in [0.3, 0.4) is 0 Å². The predicted molar refractivity (Wildman–Crippen MR) is 60.9 cm³/mol. The third kappa shape index (κ3) is 2.73. The maximum absolute atomic E-state index is 13.0. The van der Waals surface area contributed by atoms with Crippen molar-refractivity contribution in [3.8, 4) is 0 Å². The van der Waals surface area contributed by atoms with E-state index in [2.05, 4.69) is 31.3 Å². The molecule has 1 aromatic heterocycles. The van der Waals surface area contributed by atoms with E-state index in [1.165, 1.54) is 23.0 Å². The second-order valence-corrected chi connectivity index (χ2v) is 4.28. The van der Waals surface area contributed by atoms with Crippen molar-refractivity contribution in [2.24, 2.45) is 7.05 Å². The van der Waals surface area contributed by atoms with E-state index in [9.17, 15) is 9.18 Å². The third-order valence-electron chi connectivity index (χ3n) is 2.11. The third-order valence-corrected chi connectivity index (χ3v) is 2.72. The van der Waals surface area contributed by atoms with Gasteiger partial charge in [-0.3, -0.25) is 4.79 Å². The number of nitrogens with zero attached hydrogens (tertiary/aromatic N) is 4. The lowest BCUT2D eigenvalue weighted by atomic mass is 10.1. The van der Waals surface area contributed by atoms with Gasteiger partial charge in [0.15, 0.2) is 11.6 Å². The van der Waals surface area contributed by atoms with E-state index < -0.39 is 5.82 Å². The molecule has 17 heavy (non-hydrogen) atoms. The summed E-state index contributed by atoms with van der Waals surface area (Å²) in [4.78, 5) is 13.1. The summed E-state index contributed by atoms with van der Waals surface area (Å²) in [5.41, 5.74) is 0.408. The fourth-order valence-electron chi connectivity index (χ4n) is 1.31. The van der Waals surface area contributed by atoms with E-state index >= 15 is 0 Å². The Kier molecular flexibility index (Phi) is 3.28. The first kappa shape index (κ1) is 11.8. The van der Waals surface area contributed by atoms with E-state index in [0.29, 0.717) is 11.4 Å². The maximum atomic E-state index is 13.0. The minimum atomic E-state index is -0.404. The lowest BCUT2D eigenvalue weighted by Crippen LogP contribution is -2.06. The molecule has 5 nitrogen and oxygen atoms in total. The second kappa shape index (κ2) is 4.70. The highest BCUT2D eigenvalue weighted by molar-refractivity contribution is 9.10. The molecular formula is C10H8BrFN4O. The standard InChI is InChI=1S/C10H8BrFN4O/c1-16-14-10(13-15-16)5-9(17)6-2-3-8(12)7(11)4-6/h2-4H,5H2,1H3. The Morgan fingerprint density at radius 2 is 2.29 bits per heavy atom. The molecule has 0 atom stereocenters. The lowest BCUT2D eigenvalue weighted by molar-refractivity contribution is 0.0990. The van der Waals surface area contributed by atoms with Crippen LogP contribution in [0.1, 0.15) is 16.2 Å². The molecule has 0 saturated heterocycles. The first-order chi connectivity index (χ1) is 8.06. The summed E-state index contributed by atoms with van der Waals surface area (Å²) >= 11 is 3.03. The molecule has 1 heterocycles. The number of aromatic nitrogens is 4. The van der Waals surface area contributed by atoms with Gasteiger partial charge < -0.3 is 0 Å². The molecule has 2 rings (SSSR count). The smallest absolute Gasteiger partial charge is 0.182 e. The number of hydrogen-bond acceptors (Lipinski definition) is 4. The molecule has 88 valence electrons. The van der Waals surface area contributed by atoms with Gasteiger partial charge in [-0.15, -0.1) is 10.2 Å². The lowest BCUT2D eigenvalue weighted by Gasteiger charge is -1.99. The molecule has 7 heteroatoms. The largest absolute Gasteiger partial charge is 0.294 e. The Labute approximate surface area is 105 Å². The summed E-state index contributed by atoms with van der Waals surface area (Å²) in [6.07, 6.45) is 0.0475. The van der Waals surface area contributed by atoms with Crippen molar-refractivity contribution in [3.05, 3.63) is 39.9 Å². The number of benzene rings is 1. The zero-order valence-corrected chi connectivity index (χ0v) is 10.5. The van der Waals surface area contributed by atoms with Crippen LogP contribution in [0.25, 0.3) is 0 Å². The molecule has 2 aromatic rings. The SMILES string of the molecule is Cn1nnc(CC(=O)c2ccc(F)c(Br)c2)n1. The van der Waals surface area contributed by atoms with E-state index in [4.69, 9.17) is 0 Å². The molecule has 0 saturated carbocycles. The number of aryl methyl sites for hydroxylation is 1. The van der Waals surface area contributed by atoms with Crippen molar-refractivity contribution in [2.45, 2.75) is 6.42 Å². The molecule has 0 aliphatic heterocycles. The zero-order valence-electron chi connectivity index (χ0n) is 8.89. The summed E-state index contributed by atoms with van der Waals surface area (Å²) in [7, 11) is 1.62. The minimum absolute atomic E-state index is 0.0475. The van der Waals surface area contributed by atoms with Crippen LogP contribution in [-0.4, -0.2) is 26.0 Å². The minimum Gasteiger partial charge on any atom is -0.294 e. The Morgan fingerprint density at radius 1 is 1.53 bits per heavy atom. The average Bonchev–Trinajstić information content (AvgIpc) is 2.68. The molecule has 0 radical (unpaired) electrons. The Hall–Kier alpha value is -1.63. The van der Waals surface area contributed by atoms with Crippen LogP contribution < -0.4 is 0 Å². The van der Waals surface area contributed by atoms with E-state index in [-0.39, 0.29) is 16.7 Å². The molecule has 0 aliphatic carbocycles. The quantitative estimate of drug-likeness (QED) is 0.807. The Morgan fingerprint density at radius 3 is 2.88 bits per heavy atom. The molecule has 1 aromatic carbocycles. The summed E-state index contributed by atoms with van der Waals surface area (Å²) in [5.74, 6) is -0.240. The molecule has 0 bridgehead atoms. The van der Waals surface area contributed by atoms with Crippen LogP contribution in [0.2, 0.25) is 0 Å². The highest BCUT2D eigenvalue weighted by atomic mass is 79.9. The van der Waals surface area contributed by atoms with E-state index in [1.807, 2.05) is 0 Å². The number of ketones is 1. The molecule has 0 aliphatic rings. The van der Waals surface area contributed by atoms with Gasteiger partial charge in [-0.1, -0.05) is 0 Å². The highest BCUT2D eigenvalue weighted by Gasteiger charge is 2.12. The van der Waals surface area contributed by atoms with Crippen molar-refractivity contribution in [2.75, 3.05) is 0 Å². The average molecular weight is 299 g/mol. The van der Waals surface area contributed by atoms with Crippen molar-refractivity contribution < 1.29 is 9.18 Å². The maximum Gasteiger partial charge on any atom is 0.182 e. The molecule has 0 amide bonds. The van der Waals surface area contributed by atoms with Crippen LogP contribution in [0, 0.1) is 5.82 Å². The summed E-state index contributed by atoms with van der Waals surface area (Å²) in [5, 5.41) is 11.2. The summed E-state index contributed by atoms with van der Waals surface area (Å²) < 4.78 is 13.3. The summed E-state index contributed by atoms with van der Waals surface area (Å²) in [6, 6.07) is 4.11. The summed E-state index contributed by atoms with van der Waals surface area (Å²) in [6.45, 7) is 0. The van der Waals surface area contributed by atoms with Gasteiger partial charge in [0.2, 0.25) is 0 Å². The molecule has 0 spiro atoms. The van der Waals surface area contributed by atoms with E-state index in [1.54, 1.807) is 7.05 Å². The van der Waals surface area contributed by atoms with Crippen molar-refractivity contribution in [1.82, 2.24) is 20.2 Å². The fourth-order valence-corrected chi connectivity index (χ4v) is 1.69. The van der Waals surface area contributed by atoms with Gasteiger partial charge in [-0.25, -0.2) is 4.39 Å². The number of halogens is 2. The number of carbonyl (C=O) groups excluding carboxylic acids is 1. The topological polar surface area (TPSA) is 60.7 Å². The van der Waals surface area contributed by atoms with Gasteiger partial charge in [0.05, 0.1) is 17.9 Å². The van der Waals surface area contributed by atoms with Crippen molar-refractivity contribution in [3.63, 3.8) is 0 Å². The van der Waals surface area contributed by atoms with Crippen LogP contribution in [0.15, 0.2) is 22.7 Å². The van der Waals surface area contributed by atoms with E-state index in [0.717, 1.165) is 0 Å². The van der Waals surface area contributed by atoms with Crippen LogP contribution in [-0.2, 0) is 13.5 Å². The van der Waals surface area contributed by atoms with Crippen molar-refractivity contribution >= 4 is 21.7 Å². The Bertz CT molecular complexity index is 569. The van der Waals surface area contributed by atoms with Crippen LogP contribution in [0.4, 0.5) is 4.39 Å². The number of carbonyl (C=O) groups is 1. The van der Waals surface area contributed by atoms with Gasteiger partial charge >= 0.3 is 0 Å². The first-order valence-corrected chi connectivity index (χ1v) is 5.56. The van der Waals surface area contributed by atoms with Crippen LogP contribution >= 0.6 is 15.9 Å². The van der Waals surface area contributed by atoms with Crippen LogP contribution in [0.5, 0.6) is 0 Å². The highest BCUT2D eigenvalue weighted by Crippen LogP contribution is 2.17.